The van der Waals surface area contributed by atoms with Crippen LogP contribution < -0.4 is 5.43 Å². The Morgan fingerprint density at radius 3 is 2.76 bits per heavy atom. The largest absolute Gasteiger partial charge is 0.477 e. The van der Waals surface area contributed by atoms with E-state index in [0.717, 1.165) is 27.2 Å². The van der Waals surface area contributed by atoms with Crippen LogP contribution in [0.2, 0.25) is 0 Å². The lowest BCUT2D eigenvalue weighted by Gasteiger charge is -2.38. The molecule has 33 heavy (non-hydrogen) atoms. The fourth-order valence-corrected chi connectivity index (χ4v) is 5.08. The molecule has 0 saturated heterocycles. The molecule has 1 N–H and O–H groups in total. The summed E-state index contributed by atoms with van der Waals surface area (Å²) in [6.45, 7) is 8.67. The number of methoxy groups -OCH3 is 1. The topological polar surface area (TPSA) is 95.6 Å². The fourth-order valence-electron chi connectivity index (χ4n) is 4.20. The molecule has 3 aromatic rings. The fraction of sp³-hybridized carbons (Fsp3) is 0.458. The molecule has 176 valence electrons. The summed E-state index contributed by atoms with van der Waals surface area (Å²) in [5, 5.41) is 15.4. The minimum absolute atomic E-state index is 0.0571. The Morgan fingerprint density at radius 1 is 1.27 bits per heavy atom. The molecular weight excluding hydrogens is 442 g/mol. The van der Waals surface area contributed by atoms with Gasteiger partial charge in [-0.2, -0.15) is 5.10 Å². The van der Waals surface area contributed by atoms with E-state index in [1.807, 2.05) is 27.4 Å². The first kappa shape index (κ1) is 23.5. The van der Waals surface area contributed by atoms with E-state index in [-0.39, 0.29) is 17.0 Å². The van der Waals surface area contributed by atoms with Gasteiger partial charge >= 0.3 is 5.97 Å². The highest BCUT2D eigenvalue weighted by molar-refractivity contribution is 7.99. The van der Waals surface area contributed by atoms with Gasteiger partial charge in [-0.1, -0.05) is 32.9 Å². The van der Waals surface area contributed by atoms with Crippen LogP contribution in [0.1, 0.15) is 37.2 Å². The summed E-state index contributed by atoms with van der Waals surface area (Å²) in [7, 11) is 1.65. The van der Waals surface area contributed by atoms with Crippen LogP contribution in [0.5, 0.6) is 0 Å². The number of hydrogen-bond acceptors (Lipinski definition) is 6. The lowest BCUT2D eigenvalue weighted by atomic mass is 9.85. The predicted octanol–water partition coefficient (Wildman–Crippen LogP) is 3.92. The average Bonchev–Trinajstić information content (AvgIpc) is 3.14. The second-order valence-electron chi connectivity index (χ2n) is 9.17. The van der Waals surface area contributed by atoms with Crippen molar-refractivity contribution in [1.82, 2.24) is 14.3 Å². The SMILES string of the molecule is COCCOCCSc1cccc2c3n(nc12)CC(C(C)(C)C)n1cc(C(=O)O)c(=O)cc1-3. The van der Waals surface area contributed by atoms with Gasteiger partial charge in [0.25, 0.3) is 0 Å². The number of aromatic nitrogens is 3. The number of pyridine rings is 1. The zero-order valence-corrected chi connectivity index (χ0v) is 20.1. The van der Waals surface area contributed by atoms with Crippen LogP contribution >= 0.6 is 11.8 Å². The van der Waals surface area contributed by atoms with Gasteiger partial charge in [-0.15, -0.1) is 11.8 Å². The quantitative estimate of drug-likeness (QED) is 0.393. The second kappa shape index (κ2) is 9.32. The van der Waals surface area contributed by atoms with Gasteiger partial charge in [0.15, 0.2) is 5.43 Å². The van der Waals surface area contributed by atoms with Crippen LogP contribution in [0.15, 0.2) is 40.2 Å². The standard InChI is InChI=1S/C24H29N3O5S/c1-24(2,3)20-14-27-22(17-12-18(28)16(23(29)30)13-26(17)20)15-6-5-7-19(21(15)25-27)33-11-10-32-9-8-31-4/h5-7,12-13,20H,8-11,14H2,1-4H3,(H,29,30). The molecule has 1 aliphatic heterocycles. The zero-order valence-electron chi connectivity index (χ0n) is 19.3. The van der Waals surface area contributed by atoms with E-state index in [2.05, 4.69) is 20.8 Å². The molecule has 0 fully saturated rings. The summed E-state index contributed by atoms with van der Waals surface area (Å²) in [5.41, 5.74) is 1.54. The monoisotopic (exact) mass is 471 g/mol. The van der Waals surface area contributed by atoms with Crippen molar-refractivity contribution in [2.45, 2.75) is 38.3 Å². The number of thioether (sulfide) groups is 1. The maximum Gasteiger partial charge on any atom is 0.341 e. The third-order valence-electron chi connectivity index (χ3n) is 5.88. The van der Waals surface area contributed by atoms with Crippen molar-refractivity contribution in [2.24, 2.45) is 5.41 Å². The summed E-state index contributed by atoms with van der Waals surface area (Å²) in [5.74, 6) is -0.425. The molecule has 4 rings (SSSR count). The number of fused-ring (bicyclic) bond motifs is 5. The van der Waals surface area contributed by atoms with Crippen LogP contribution in [-0.4, -0.2) is 58.1 Å². The molecule has 2 aromatic heterocycles. The van der Waals surface area contributed by atoms with Crippen molar-refractivity contribution < 1.29 is 19.4 Å². The highest BCUT2D eigenvalue weighted by Crippen LogP contribution is 2.43. The summed E-state index contributed by atoms with van der Waals surface area (Å²) >= 11 is 1.68. The van der Waals surface area contributed by atoms with Crippen molar-refractivity contribution in [3.63, 3.8) is 0 Å². The number of ether oxygens (including phenoxy) is 2. The minimum atomic E-state index is -1.21. The van der Waals surface area contributed by atoms with Crippen LogP contribution in [0, 0.1) is 5.41 Å². The first-order valence-electron chi connectivity index (χ1n) is 10.9. The van der Waals surface area contributed by atoms with E-state index >= 15 is 0 Å². The number of carboxylic acid groups (broad SMARTS) is 1. The Bertz CT molecular complexity index is 1240. The molecule has 8 nitrogen and oxygen atoms in total. The van der Waals surface area contributed by atoms with Gasteiger partial charge in [-0.05, 0) is 11.5 Å². The lowest BCUT2D eigenvalue weighted by molar-refractivity contribution is 0.0693. The van der Waals surface area contributed by atoms with E-state index in [0.29, 0.717) is 32.1 Å². The average molecular weight is 472 g/mol. The van der Waals surface area contributed by atoms with Crippen LogP contribution in [0.25, 0.3) is 22.3 Å². The number of benzene rings is 1. The van der Waals surface area contributed by atoms with Crippen LogP contribution in [-0.2, 0) is 16.0 Å². The van der Waals surface area contributed by atoms with Gasteiger partial charge < -0.3 is 19.1 Å². The Hall–Kier alpha value is -2.62. The number of rotatable bonds is 8. The first-order valence-corrected chi connectivity index (χ1v) is 11.9. The number of nitrogens with zero attached hydrogens (tertiary/aromatic N) is 3. The van der Waals surface area contributed by atoms with Gasteiger partial charge in [0.2, 0.25) is 0 Å². The van der Waals surface area contributed by atoms with E-state index < -0.39 is 11.4 Å². The van der Waals surface area contributed by atoms with Gasteiger partial charge in [0.05, 0.1) is 43.8 Å². The van der Waals surface area contributed by atoms with Crippen molar-refractivity contribution in [3.8, 4) is 11.4 Å². The summed E-state index contributed by atoms with van der Waals surface area (Å²) < 4.78 is 14.5. The normalized spacial score (nSPS) is 15.5. The molecule has 9 heteroatoms. The Balaban J connectivity index is 1.77. The molecule has 0 bridgehead atoms. The summed E-state index contributed by atoms with van der Waals surface area (Å²) in [6.07, 6.45) is 1.49. The molecule has 3 heterocycles. The predicted molar refractivity (Wildman–Crippen MR) is 128 cm³/mol. The molecule has 1 aromatic carbocycles. The number of hydrogen-bond donors (Lipinski definition) is 1. The molecule has 1 aliphatic rings. The number of carbonyl (C=O) groups is 1. The van der Waals surface area contributed by atoms with Crippen molar-refractivity contribution in [2.75, 3.05) is 32.7 Å². The maximum absolute atomic E-state index is 12.6. The Morgan fingerprint density at radius 2 is 2.06 bits per heavy atom. The van der Waals surface area contributed by atoms with Crippen molar-refractivity contribution in [3.05, 3.63) is 46.2 Å². The minimum Gasteiger partial charge on any atom is -0.477 e. The zero-order chi connectivity index (χ0) is 23.8. The third-order valence-corrected chi connectivity index (χ3v) is 6.90. The second-order valence-corrected chi connectivity index (χ2v) is 10.3. The Kier molecular flexibility index (Phi) is 6.65. The van der Waals surface area contributed by atoms with Gasteiger partial charge in [0, 0.05) is 35.4 Å². The molecule has 0 saturated carbocycles. The third kappa shape index (κ3) is 4.58. The molecule has 0 amide bonds. The van der Waals surface area contributed by atoms with E-state index in [9.17, 15) is 14.7 Å². The maximum atomic E-state index is 12.6. The molecule has 1 atom stereocenters. The van der Waals surface area contributed by atoms with Gasteiger partial charge in [-0.3, -0.25) is 9.48 Å². The van der Waals surface area contributed by atoms with Crippen LogP contribution in [0.4, 0.5) is 0 Å². The number of aromatic carboxylic acids is 1. The number of carboxylic acids is 1. The van der Waals surface area contributed by atoms with Gasteiger partial charge in [0.1, 0.15) is 11.1 Å². The van der Waals surface area contributed by atoms with Crippen molar-refractivity contribution in [1.29, 1.82) is 0 Å². The van der Waals surface area contributed by atoms with Gasteiger partial charge in [-0.25, -0.2) is 4.79 Å². The van der Waals surface area contributed by atoms with E-state index in [1.165, 1.54) is 12.3 Å². The Labute approximate surface area is 196 Å². The molecule has 0 radical (unpaired) electrons. The highest BCUT2D eigenvalue weighted by atomic mass is 32.2. The molecular formula is C24H29N3O5S. The highest BCUT2D eigenvalue weighted by Gasteiger charge is 2.35. The molecule has 0 spiro atoms. The molecule has 0 aliphatic carbocycles. The smallest absolute Gasteiger partial charge is 0.341 e. The van der Waals surface area contributed by atoms with Crippen molar-refractivity contribution >= 4 is 28.6 Å². The first-order chi connectivity index (χ1) is 15.7. The lowest BCUT2D eigenvalue weighted by Crippen LogP contribution is -2.35. The summed E-state index contributed by atoms with van der Waals surface area (Å²) in [6, 6.07) is 7.42. The van der Waals surface area contributed by atoms with E-state index in [1.54, 1.807) is 18.9 Å². The van der Waals surface area contributed by atoms with Crippen LogP contribution in [0.3, 0.4) is 0 Å². The molecule has 1 unspecified atom stereocenters. The summed E-state index contributed by atoms with van der Waals surface area (Å²) in [4.78, 5) is 25.3. The van der Waals surface area contributed by atoms with E-state index in [4.69, 9.17) is 14.6 Å².